The maximum Gasteiger partial charge on any atom is 0.237 e. The van der Waals surface area contributed by atoms with E-state index in [1.54, 1.807) is 0 Å². The van der Waals surface area contributed by atoms with Gasteiger partial charge >= 0.3 is 0 Å². The van der Waals surface area contributed by atoms with E-state index in [2.05, 4.69) is 35.8 Å². The number of amides is 1. The number of hydrogen-bond donors (Lipinski definition) is 2. The summed E-state index contributed by atoms with van der Waals surface area (Å²) in [7, 11) is 0. The van der Waals surface area contributed by atoms with Crippen LogP contribution in [0.25, 0.3) is 0 Å². The molecule has 2 aliphatic heterocycles. The fourth-order valence-electron chi connectivity index (χ4n) is 3.28. The van der Waals surface area contributed by atoms with Crippen LogP contribution in [0.3, 0.4) is 0 Å². The van der Waals surface area contributed by atoms with Gasteiger partial charge in [0.25, 0.3) is 0 Å². The van der Waals surface area contributed by atoms with Crippen LogP contribution >= 0.6 is 0 Å². The summed E-state index contributed by atoms with van der Waals surface area (Å²) in [6, 6.07) is 6.41. The predicted octanol–water partition coefficient (Wildman–Crippen LogP) is 2.47. The van der Waals surface area contributed by atoms with E-state index in [9.17, 15) is 4.79 Å². The molecule has 1 fully saturated rings. The van der Waals surface area contributed by atoms with Crippen molar-refractivity contribution in [2.45, 2.75) is 51.1 Å². The summed E-state index contributed by atoms with van der Waals surface area (Å²) in [6.45, 7) is 3.65. The topological polar surface area (TPSA) is 50.4 Å². The fraction of sp³-hybridized carbons (Fsp3) is 0.588. The summed E-state index contributed by atoms with van der Waals surface area (Å²) in [4.78, 5) is 12.1. The van der Waals surface area contributed by atoms with E-state index in [0.717, 1.165) is 51.0 Å². The number of carbonyl (C=O) groups excluding carboxylic acids is 1. The van der Waals surface area contributed by atoms with E-state index in [1.165, 1.54) is 11.1 Å². The molecule has 1 aromatic carbocycles. The van der Waals surface area contributed by atoms with Gasteiger partial charge in [-0.05, 0) is 44.6 Å². The Hall–Kier alpha value is -1.55. The quantitative estimate of drug-likeness (QED) is 0.879. The Kier molecular flexibility index (Phi) is 4.44. The number of hydrogen-bond acceptors (Lipinski definition) is 3. The summed E-state index contributed by atoms with van der Waals surface area (Å²) in [5.74, 6) is 1.15. The van der Waals surface area contributed by atoms with Crippen molar-refractivity contribution in [2.75, 3.05) is 13.2 Å². The van der Waals surface area contributed by atoms with Crippen molar-refractivity contribution in [3.05, 3.63) is 29.3 Å². The molecule has 2 N–H and O–H groups in total. The van der Waals surface area contributed by atoms with Gasteiger partial charge in [0.05, 0.1) is 12.6 Å². The zero-order valence-corrected chi connectivity index (χ0v) is 12.7. The predicted molar refractivity (Wildman–Crippen MR) is 82.4 cm³/mol. The largest absolute Gasteiger partial charge is 0.493 e. The number of nitrogens with one attached hydrogen (secondary N) is 2. The maximum absolute atomic E-state index is 12.1. The summed E-state index contributed by atoms with van der Waals surface area (Å²) < 4.78 is 5.91. The van der Waals surface area contributed by atoms with E-state index in [-0.39, 0.29) is 18.0 Å². The summed E-state index contributed by atoms with van der Waals surface area (Å²) in [5, 5.41) is 6.58. The first-order chi connectivity index (χ1) is 10.3. The Bertz CT molecular complexity index is 516. The second kappa shape index (κ2) is 6.48. The van der Waals surface area contributed by atoms with Crippen molar-refractivity contribution < 1.29 is 9.53 Å². The molecule has 0 saturated carbocycles. The van der Waals surface area contributed by atoms with Gasteiger partial charge in [-0.25, -0.2) is 0 Å². The Balaban J connectivity index is 1.82. The summed E-state index contributed by atoms with van der Waals surface area (Å²) >= 11 is 0. The molecule has 4 nitrogen and oxygen atoms in total. The van der Waals surface area contributed by atoms with Crippen LogP contribution in [-0.2, 0) is 4.79 Å². The first-order valence-corrected chi connectivity index (χ1v) is 8.02. The van der Waals surface area contributed by atoms with Crippen molar-refractivity contribution in [1.82, 2.24) is 10.6 Å². The van der Waals surface area contributed by atoms with Gasteiger partial charge in [-0.15, -0.1) is 0 Å². The molecule has 0 bridgehead atoms. The Morgan fingerprint density at radius 3 is 2.95 bits per heavy atom. The number of fused-ring (bicyclic) bond motifs is 1. The summed E-state index contributed by atoms with van der Waals surface area (Å²) in [6.07, 6.45) is 5.12. The number of rotatable bonds is 2. The highest BCUT2D eigenvalue weighted by Gasteiger charge is 2.27. The van der Waals surface area contributed by atoms with E-state index in [1.807, 2.05) is 0 Å². The third-order valence-corrected chi connectivity index (χ3v) is 4.44. The molecule has 1 aromatic rings. The van der Waals surface area contributed by atoms with Gasteiger partial charge in [-0.1, -0.05) is 18.2 Å². The Morgan fingerprint density at radius 2 is 2.05 bits per heavy atom. The van der Waals surface area contributed by atoms with Gasteiger partial charge in [0.15, 0.2) is 0 Å². The minimum absolute atomic E-state index is 0.0797. The van der Waals surface area contributed by atoms with Gasteiger partial charge in [-0.3, -0.25) is 10.1 Å². The molecule has 2 unspecified atom stereocenters. The van der Waals surface area contributed by atoms with Gasteiger partial charge in [0.1, 0.15) is 5.75 Å². The van der Waals surface area contributed by atoms with Crippen LogP contribution in [-0.4, -0.2) is 25.1 Å². The average Bonchev–Trinajstić information content (AvgIpc) is 2.80. The first-order valence-electron chi connectivity index (χ1n) is 8.02. The number of aryl methyl sites for hydroxylation is 1. The van der Waals surface area contributed by atoms with Crippen LogP contribution < -0.4 is 15.4 Å². The van der Waals surface area contributed by atoms with E-state index >= 15 is 0 Å². The van der Waals surface area contributed by atoms with Crippen LogP contribution in [0.2, 0.25) is 0 Å². The maximum atomic E-state index is 12.1. The normalized spacial score (nSPS) is 26.0. The fourth-order valence-corrected chi connectivity index (χ4v) is 3.28. The molecule has 1 amide bonds. The van der Waals surface area contributed by atoms with E-state index in [4.69, 9.17) is 4.74 Å². The highest BCUT2D eigenvalue weighted by molar-refractivity contribution is 5.82. The smallest absolute Gasteiger partial charge is 0.237 e. The standard InChI is InChI=1S/C17H24N2O2/c1-12-6-4-7-13-14(9-5-11-21-16(12)13)19-15-8-2-3-10-18-17(15)20/h4,6-7,14-15,19H,2-3,5,8-11H2,1H3,(H,18,20). The Morgan fingerprint density at radius 1 is 1.19 bits per heavy atom. The van der Waals surface area contributed by atoms with Crippen molar-refractivity contribution in [3.8, 4) is 5.75 Å². The summed E-state index contributed by atoms with van der Waals surface area (Å²) in [5.41, 5.74) is 2.37. The average molecular weight is 288 g/mol. The molecular formula is C17H24N2O2. The first kappa shape index (κ1) is 14.4. The minimum Gasteiger partial charge on any atom is -0.493 e. The van der Waals surface area contributed by atoms with Crippen LogP contribution in [0.5, 0.6) is 5.75 Å². The highest BCUT2D eigenvalue weighted by Crippen LogP contribution is 2.34. The molecule has 0 aromatic heterocycles. The van der Waals surface area contributed by atoms with E-state index < -0.39 is 0 Å². The zero-order valence-electron chi connectivity index (χ0n) is 12.7. The molecule has 4 heteroatoms. The number of carbonyl (C=O) groups is 1. The lowest BCUT2D eigenvalue weighted by atomic mass is 9.98. The molecule has 21 heavy (non-hydrogen) atoms. The highest BCUT2D eigenvalue weighted by atomic mass is 16.5. The molecule has 2 aliphatic rings. The van der Waals surface area contributed by atoms with Crippen molar-refractivity contribution in [1.29, 1.82) is 0 Å². The Labute approximate surface area is 126 Å². The lowest BCUT2D eigenvalue weighted by molar-refractivity contribution is -0.123. The third kappa shape index (κ3) is 3.21. The van der Waals surface area contributed by atoms with Crippen molar-refractivity contribution >= 4 is 5.91 Å². The molecule has 114 valence electrons. The molecule has 2 atom stereocenters. The number of ether oxygens (including phenoxy) is 1. The zero-order chi connectivity index (χ0) is 14.7. The number of para-hydroxylation sites is 1. The molecular weight excluding hydrogens is 264 g/mol. The van der Waals surface area contributed by atoms with Gasteiger partial charge < -0.3 is 10.1 Å². The van der Waals surface area contributed by atoms with Crippen LogP contribution in [0.1, 0.15) is 49.3 Å². The second-order valence-electron chi connectivity index (χ2n) is 6.04. The second-order valence-corrected chi connectivity index (χ2v) is 6.04. The van der Waals surface area contributed by atoms with Gasteiger partial charge in [0.2, 0.25) is 5.91 Å². The molecule has 0 aliphatic carbocycles. The van der Waals surface area contributed by atoms with Crippen molar-refractivity contribution in [3.63, 3.8) is 0 Å². The van der Waals surface area contributed by atoms with Crippen LogP contribution in [0.15, 0.2) is 18.2 Å². The lowest BCUT2D eigenvalue weighted by Gasteiger charge is -2.24. The monoisotopic (exact) mass is 288 g/mol. The lowest BCUT2D eigenvalue weighted by Crippen LogP contribution is -2.44. The van der Waals surface area contributed by atoms with Crippen LogP contribution in [0, 0.1) is 6.92 Å². The molecule has 1 saturated heterocycles. The van der Waals surface area contributed by atoms with E-state index in [0.29, 0.717) is 0 Å². The van der Waals surface area contributed by atoms with Crippen LogP contribution in [0.4, 0.5) is 0 Å². The van der Waals surface area contributed by atoms with Gasteiger partial charge in [0, 0.05) is 18.2 Å². The SMILES string of the molecule is Cc1cccc2c1OCCCC2NC1CCCCNC1=O. The van der Waals surface area contributed by atoms with Crippen molar-refractivity contribution in [2.24, 2.45) is 0 Å². The number of benzene rings is 1. The van der Waals surface area contributed by atoms with Gasteiger partial charge in [-0.2, -0.15) is 0 Å². The molecule has 3 rings (SSSR count). The molecule has 0 spiro atoms. The third-order valence-electron chi connectivity index (χ3n) is 4.44. The molecule has 0 radical (unpaired) electrons. The molecule has 2 heterocycles. The minimum atomic E-state index is -0.0797.